The molecule has 5 atom stereocenters. The van der Waals surface area contributed by atoms with E-state index in [0.29, 0.717) is 18.6 Å². The van der Waals surface area contributed by atoms with E-state index in [1.54, 1.807) is 6.07 Å². The van der Waals surface area contributed by atoms with Crippen LogP contribution in [0.1, 0.15) is 30.4 Å². The minimum absolute atomic E-state index is 0.00534. The highest BCUT2D eigenvalue weighted by molar-refractivity contribution is 5.69. The van der Waals surface area contributed by atoms with Crippen LogP contribution in [0.2, 0.25) is 0 Å². The third-order valence-corrected chi connectivity index (χ3v) is 7.25. The summed E-state index contributed by atoms with van der Waals surface area (Å²) in [7, 11) is 2.06. The van der Waals surface area contributed by atoms with Gasteiger partial charge in [-0.1, -0.05) is 6.07 Å². The highest BCUT2D eigenvalue weighted by Crippen LogP contribution is 2.65. The van der Waals surface area contributed by atoms with Crippen molar-refractivity contribution in [2.75, 3.05) is 20.1 Å². The molecule has 2 aliphatic carbocycles. The van der Waals surface area contributed by atoms with Crippen molar-refractivity contribution in [3.05, 3.63) is 23.3 Å². The van der Waals surface area contributed by atoms with Gasteiger partial charge in [0.15, 0.2) is 11.5 Å². The summed E-state index contributed by atoms with van der Waals surface area (Å²) in [6.45, 7) is 0.699. The number of hydrogen-bond donors (Lipinski definition) is 4. The van der Waals surface area contributed by atoms with Crippen LogP contribution in [0.5, 0.6) is 11.5 Å². The summed E-state index contributed by atoms with van der Waals surface area (Å²) in [6.07, 6.45) is 2.33. The number of rotatable bonds is 3. The predicted molar refractivity (Wildman–Crippen MR) is 92.6 cm³/mol. The van der Waals surface area contributed by atoms with Gasteiger partial charge in [0.1, 0.15) is 6.10 Å². The zero-order valence-corrected chi connectivity index (χ0v) is 14.7. The summed E-state index contributed by atoms with van der Waals surface area (Å²) < 4.78 is 6.27. The number of nitrogens with one attached hydrogen (secondary N) is 1. The Balaban J connectivity index is 1.69. The zero-order valence-electron chi connectivity index (χ0n) is 14.7. The van der Waals surface area contributed by atoms with Crippen LogP contribution in [0.4, 0.5) is 0 Å². The summed E-state index contributed by atoms with van der Waals surface area (Å²) in [6, 6.07) is 3.45. The van der Waals surface area contributed by atoms with Crippen molar-refractivity contribution >= 4 is 5.97 Å². The number of aliphatic carboxylic acids is 1. The highest BCUT2D eigenvalue weighted by Gasteiger charge is 2.72. The average molecular weight is 360 g/mol. The lowest BCUT2D eigenvalue weighted by atomic mass is 9.48. The Morgan fingerprint density at radius 1 is 1.42 bits per heavy atom. The van der Waals surface area contributed by atoms with Crippen LogP contribution in [0.25, 0.3) is 0 Å². The van der Waals surface area contributed by atoms with Crippen LogP contribution in [0, 0.1) is 0 Å². The maximum Gasteiger partial charge on any atom is 0.317 e. The monoisotopic (exact) mass is 360 g/mol. The number of likely N-dealkylation sites (tertiary alicyclic amines) is 1. The second-order valence-electron chi connectivity index (χ2n) is 8.25. The topological polar surface area (TPSA) is 102 Å². The molecule has 2 fully saturated rings. The van der Waals surface area contributed by atoms with E-state index in [-0.39, 0.29) is 30.5 Å². The molecule has 140 valence electrons. The van der Waals surface area contributed by atoms with Gasteiger partial charge in [0.25, 0.3) is 0 Å². The Morgan fingerprint density at radius 3 is 3.00 bits per heavy atom. The van der Waals surface area contributed by atoms with Crippen molar-refractivity contribution in [1.82, 2.24) is 10.2 Å². The molecule has 1 spiro atoms. The van der Waals surface area contributed by atoms with Crippen LogP contribution < -0.4 is 10.1 Å². The Kier molecular flexibility index (Phi) is 3.22. The molecule has 1 aromatic carbocycles. The van der Waals surface area contributed by atoms with Gasteiger partial charge in [0.05, 0.1) is 17.6 Å². The summed E-state index contributed by atoms with van der Waals surface area (Å²) in [4.78, 5) is 13.3. The van der Waals surface area contributed by atoms with Crippen LogP contribution in [-0.2, 0) is 16.6 Å². The maximum atomic E-state index is 11.9. The fourth-order valence-corrected chi connectivity index (χ4v) is 6.18. The Hall–Kier alpha value is -1.83. The van der Waals surface area contributed by atoms with Gasteiger partial charge < -0.3 is 30.3 Å². The van der Waals surface area contributed by atoms with Crippen molar-refractivity contribution in [3.63, 3.8) is 0 Å². The van der Waals surface area contributed by atoms with E-state index in [1.807, 2.05) is 6.07 Å². The SMILES string of the molecule is CN1CC[C@]23c4c5ccc(O)c4O[C@H]2[C@H](NCC(=O)O)CC[C@@]3(O)[C@H]1C5. The Morgan fingerprint density at radius 2 is 2.23 bits per heavy atom. The molecule has 1 saturated heterocycles. The van der Waals surface area contributed by atoms with E-state index in [9.17, 15) is 15.0 Å². The summed E-state index contributed by atoms with van der Waals surface area (Å²) >= 11 is 0. The van der Waals surface area contributed by atoms with Crippen molar-refractivity contribution in [2.24, 2.45) is 0 Å². The average Bonchev–Trinajstić information content (AvgIpc) is 2.95. The van der Waals surface area contributed by atoms with E-state index in [2.05, 4.69) is 17.3 Å². The number of piperidine rings is 1. The number of phenols is 1. The minimum Gasteiger partial charge on any atom is -0.504 e. The van der Waals surface area contributed by atoms with Gasteiger partial charge >= 0.3 is 5.97 Å². The zero-order chi connectivity index (χ0) is 18.3. The quantitative estimate of drug-likeness (QED) is 0.611. The minimum atomic E-state index is -0.932. The number of likely N-dealkylation sites (N-methyl/N-ethyl adjacent to an activating group) is 1. The van der Waals surface area contributed by atoms with E-state index < -0.39 is 17.0 Å². The Bertz CT molecular complexity index is 798. The largest absolute Gasteiger partial charge is 0.504 e. The first-order valence-corrected chi connectivity index (χ1v) is 9.28. The van der Waals surface area contributed by atoms with Crippen LogP contribution in [0.15, 0.2) is 12.1 Å². The fraction of sp³-hybridized carbons (Fsp3) is 0.632. The molecule has 4 N–H and O–H groups in total. The van der Waals surface area contributed by atoms with E-state index >= 15 is 0 Å². The molecule has 4 aliphatic rings. The number of carbonyl (C=O) groups is 1. The van der Waals surface area contributed by atoms with E-state index in [1.165, 1.54) is 0 Å². The van der Waals surface area contributed by atoms with Crippen LogP contribution in [0.3, 0.4) is 0 Å². The lowest BCUT2D eigenvalue weighted by molar-refractivity contribution is -0.187. The van der Waals surface area contributed by atoms with Gasteiger partial charge in [-0.05, 0) is 50.9 Å². The molecule has 1 aromatic rings. The highest BCUT2D eigenvalue weighted by atomic mass is 16.5. The number of aromatic hydroxyl groups is 1. The summed E-state index contributed by atoms with van der Waals surface area (Å²) in [5, 5.41) is 34.5. The van der Waals surface area contributed by atoms with Crippen molar-refractivity contribution in [2.45, 2.75) is 54.9 Å². The molecule has 0 aromatic heterocycles. The molecule has 2 heterocycles. The number of carboxylic acid groups (broad SMARTS) is 1. The first-order valence-electron chi connectivity index (χ1n) is 9.28. The number of hydrogen-bond acceptors (Lipinski definition) is 6. The molecule has 7 nitrogen and oxygen atoms in total. The second kappa shape index (κ2) is 5.12. The molecule has 0 radical (unpaired) electrons. The van der Waals surface area contributed by atoms with Crippen molar-refractivity contribution < 1.29 is 24.9 Å². The lowest BCUT2D eigenvalue weighted by Crippen LogP contribution is -2.77. The number of aliphatic hydroxyl groups is 1. The number of benzene rings is 1. The molecule has 5 rings (SSSR count). The number of ether oxygens (including phenoxy) is 1. The van der Waals surface area contributed by atoms with Crippen molar-refractivity contribution in [1.29, 1.82) is 0 Å². The molecule has 2 aliphatic heterocycles. The molecule has 0 unspecified atom stereocenters. The second-order valence-corrected chi connectivity index (χ2v) is 8.25. The van der Waals surface area contributed by atoms with Gasteiger partial charge in [-0.3, -0.25) is 4.79 Å². The van der Waals surface area contributed by atoms with Crippen molar-refractivity contribution in [3.8, 4) is 11.5 Å². The van der Waals surface area contributed by atoms with Gasteiger partial charge in [-0.15, -0.1) is 0 Å². The maximum absolute atomic E-state index is 11.9. The van der Waals surface area contributed by atoms with E-state index in [0.717, 1.165) is 30.5 Å². The smallest absolute Gasteiger partial charge is 0.317 e. The third-order valence-electron chi connectivity index (χ3n) is 7.25. The Labute approximate surface area is 151 Å². The van der Waals surface area contributed by atoms with Gasteiger partial charge in [0.2, 0.25) is 0 Å². The first-order chi connectivity index (χ1) is 12.4. The molecular weight excluding hydrogens is 336 g/mol. The third kappa shape index (κ3) is 1.76. The molecule has 0 amide bonds. The number of phenolic OH excluding ortho intramolecular Hbond substituents is 1. The first kappa shape index (κ1) is 16.4. The molecule has 2 bridgehead atoms. The van der Waals surface area contributed by atoms with Gasteiger partial charge in [0, 0.05) is 17.6 Å². The number of nitrogens with zero attached hydrogens (tertiary/aromatic N) is 1. The standard InChI is InChI=1S/C19H24N2O5/c1-21-7-6-18-15-10-2-3-12(22)16(15)26-17(18)11(20-9-14(23)24)4-5-19(18,25)13(21)8-10/h2-3,11,13,17,20,22,25H,4-9H2,1H3,(H,23,24)/t11-,13-,17+,18+,19-/m1/s1. The predicted octanol–water partition coefficient (Wildman–Crippen LogP) is 0.219. The number of carboxylic acids is 1. The van der Waals surface area contributed by atoms with Crippen LogP contribution >= 0.6 is 0 Å². The fourth-order valence-electron chi connectivity index (χ4n) is 6.18. The molecular formula is C19H24N2O5. The lowest BCUT2D eigenvalue weighted by Gasteiger charge is -2.63. The van der Waals surface area contributed by atoms with Gasteiger partial charge in [-0.25, -0.2) is 0 Å². The summed E-state index contributed by atoms with van der Waals surface area (Å²) in [5.74, 6) is -0.325. The summed E-state index contributed by atoms with van der Waals surface area (Å²) in [5.41, 5.74) is 0.551. The molecule has 7 heteroatoms. The molecule has 26 heavy (non-hydrogen) atoms. The van der Waals surface area contributed by atoms with E-state index in [4.69, 9.17) is 9.84 Å². The van der Waals surface area contributed by atoms with Crippen LogP contribution in [-0.4, -0.2) is 70.1 Å². The van der Waals surface area contributed by atoms with Gasteiger partial charge in [-0.2, -0.15) is 0 Å². The molecule has 1 saturated carbocycles. The normalized spacial score (nSPS) is 40.0.